The van der Waals surface area contributed by atoms with E-state index in [2.05, 4.69) is 47.6 Å². The molecule has 1 N–H and O–H groups in total. The maximum atomic E-state index is 4.20. The highest BCUT2D eigenvalue weighted by atomic mass is 14.9. The first-order valence-corrected chi connectivity index (χ1v) is 6.01. The van der Waals surface area contributed by atoms with Crippen molar-refractivity contribution < 1.29 is 0 Å². The van der Waals surface area contributed by atoms with Gasteiger partial charge in [0.1, 0.15) is 0 Å². The lowest BCUT2D eigenvalue weighted by atomic mass is 9.95. The fraction of sp³-hybridized carbons (Fsp3) is 0.267. The molecule has 2 rings (SSSR count). The normalized spacial score (nSPS) is 12.4. The van der Waals surface area contributed by atoms with Gasteiger partial charge < -0.3 is 5.32 Å². The minimum absolute atomic E-state index is 0.245. The molecule has 0 bridgehead atoms. The van der Waals surface area contributed by atoms with Crippen molar-refractivity contribution >= 4 is 0 Å². The lowest BCUT2D eigenvalue weighted by molar-refractivity contribution is 0.682. The summed E-state index contributed by atoms with van der Waals surface area (Å²) in [6.45, 7) is 2.16. The second kappa shape index (κ2) is 5.60. The zero-order valence-electron chi connectivity index (χ0n) is 10.4. The molecule has 0 fully saturated rings. The van der Waals surface area contributed by atoms with E-state index in [-0.39, 0.29) is 6.04 Å². The van der Waals surface area contributed by atoms with Crippen LogP contribution in [-0.4, -0.2) is 12.0 Å². The molecule has 0 saturated carbocycles. The summed E-state index contributed by atoms with van der Waals surface area (Å²) in [6, 6.07) is 12.9. The number of hydrogen-bond donors (Lipinski definition) is 1. The Kier molecular flexibility index (Phi) is 3.89. The van der Waals surface area contributed by atoms with Crippen LogP contribution < -0.4 is 5.32 Å². The largest absolute Gasteiger partial charge is 0.309 e. The Labute approximate surface area is 103 Å². The molecule has 0 amide bonds. The smallest absolute Gasteiger partial charge is 0.0578 e. The van der Waals surface area contributed by atoms with E-state index in [1.165, 1.54) is 16.7 Å². The van der Waals surface area contributed by atoms with Crippen LogP contribution in [0.5, 0.6) is 0 Å². The second-order valence-corrected chi connectivity index (χ2v) is 4.06. The van der Waals surface area contributed by atoms with Gasteiger partial charge in [0, 0.05) is 12.4 Å². The standard InChI is InChI=1S/C15H18N2/c1-3-12-11-17-10-9-14(12)15(16-2)13-7-5-4-6-8-13/h4-11,15-16H,3H2,1-2H3. The molecule has 0 aliphatic carbocycles. The number of benzene rings is 1. The van der Waals surface area contributed by atoms with Crippen LogP contribution in [-0.2, 0) is 6.42 Å². The summed E-state index contributed by atoms with van der Waals surface area (Å²) in [5.74, 6) is 0. The topological polar surface area (TPSA) is 24.9 Å². The summed E-state index contributed by atoms with van der Waals surface area (Å²) in [6.07, 6.45) is 4.83. The van der Waals surface area contributed by atoms with Crippen molar-refractivity contribution in [3.8, 4) is 0 Å². The van der Waals surface area contributed by atoms with Gasteiger partial charge in [-0.25, -0.2) is 0 Å². The van der Waals surface area contributed by atoms with Crippen LogP contribution in [0.4, 0.5) is 0 Å². The fourth-order valence-electron chi connectivity index (χ4n) is 2.16. The van der Waals surface area contributed by atoms with E-state index in [1.54, 1.807) is 0 Å². The third-order valence-electron chi connectivity index (χ3n) is 3.05. The Morgan fingerprint density at radius 1 is 1.18 bits per heavy atom. The van der Waals surface area contributed by atoms with Crippen LogP contribution >= 0.6 is 0 Å². The number of hydrogen-bond acceptors (Lipinski definition) is 2. The third kappa shape index (κ3) is 2.53. The summed E-state index contributed by atoms with van der Waals surface area (Å²) >= 11 is 0. The Morgan fingerprint density at radius 3 is 2.59 bits per heavy atom. The molecule has 0 saturated heterocycles. The summed E-state index contributed by atoms with van der Waals surface area (Å²) < 4.78 is 0. The molecule has 1 aromatic heterocycles. The second-order valence-electron chi connectivity index (χ2n) is 4.06. The zero-order valence-corrected chi connectivity index (χ0v) is 10.4. The molecule has 0 aliphatic heterocycles. The molecule has 2 aromatic rings. The van der Waals surface area contributed by atoms with Gasteiger partial charge in [-0.2, -0.15) is 0 Å². The van der Waals surface area contributed by atoms with Crippen molar-refractivity contribution in [1.29, 1.82) is 0 Å². The van der Waals surface area contributed by atoms with E-state index in [0.29, 0.717) is 0 Å². The van der Waals surface area contributed by atoms with E-state index in [1.807, 2.05) is 25.5 Å². The van der Waals surface area contributed by atoms with Gasteiger partial charge in [-0.05, 0) is 36.2 Å². The quantitative estimate of drug-likeness (QED) is 0.867. The first-order chi connectivity index (χ1) is 8.36. The number of rotatable bonds is 4. The minimum atomic E-state index is 0.245. The molecule has 1 aromatic carbocycles. The van der Waals surface area contributed by atoms with Crippen molar-refractivity contribution in [3.05, 3.63) is 65.5 Å². The van der Waals surface area contributed by atoms with Crippen LogP contribution in [0.25, 0.3) is 0 Å². The summed E-state index contributed by atoms with van der Waals surface area (Å²) in [5, 5.41) is 3.38. The van der Waals surface area contributed by atoms with E-state index < -0.39 is 0 Å². The van der Waals surface area contributed by atoms with Gasteiger partial charge in [-0.3, -0.25) is 4.98 Å². The zero-order chi connectivity index (χ0) is 12.1. The van der Waals surface area contributed by atoms with Gasteiger partial charge in [-0.1, -0.05) is 37.3 Å². The molecule has 1 unspecified atom stereocenters. The first-order valence-electron chi connectivity index (χ1n) is 6.01. The van der Waals surface area contributed by atoms with Crippen LogP contribution in [0, 0.1) is 0 Å². The Balaban J connectivity index is 2.42. The molecule has 0 spiro atoms. The van der Waals surface area contributed by atoms with E-state index in [4.69, 9.17) is 0 Å². The molecule has 1 heterocycles. The molecular weight excluding hydrogens is 208 g/mol. The average Bonchev–Trinajstić information content (AvgIpc) is 2.41. The molecule has 17 heavy (non-hydrogen) atoms. The predicted octanol–water partition coefficient (Wildman–Crippen LogP) is 2.95. The van der Waals surface area contributed by atoms with Gasteiger partial charge in [-0.15, -0.1) is 0 Å². The average molecular weight is 226 g/mol. The third-order valence-corrected chi connectivity index (χ3v) is 3.05. The molecule has 2 nitrogen and oxygen atoms in total. The molecule has 1 atom stereocenters. The van der Waals surface area contributed by atoms with Gasteiger partial charge in [0.15, 0.2) is 0 Å². The highest BCUT2D eigenvalue weighted by molar-refractivity contribution is 5.35. The molecule has 0 aliphatic rings. The summed E-state index contributed by atoms with van der Waals surface area (Å²) in [7, 11) is 2.00. The van der Waals surface area contributed by atoms with Crippen molar-refractivity contribution in [2.45, 2.75) is 19.4 Å². The Morgan fingerprint density at radius 2 is 1.94 bits per heavy atom. The van der Waals surface area contributed by atoms with E-state index in [9.17, 15) is 0 Å². The molecule has 2 heteroatoms. The minimum Gasteiger partial charge on any atom is -0.309 e. The Bertz CT molecular complexity index is 465. The van der Waals surface area contributed by atoms with Crippen LogP contribution in [0.1, 0.15) is 29.7 Å². The van der Waals surface area contributed by atoms with Crippen molar-refractivity contribution in [2.75, 3.05) is 7.05 Å². The maximum Gasteiger partial charge on any atom is 0.0578 e. The number of nitrogens with zero attached hydrogens (tertiary/aromatic N) is 1. The maximum absolute atomic E-state index is 4.20. The summed E-state index contributed by atoms with van der Waals surface area (Å²) in [5.41, 5.74) is 3.91. The predicted molar refractivity (Wildman–Crippen MR) is 71.0 cm³/mol. The van der Waals surface area contributed by atoms with Gasteiger partial charge in [0.2, 0.25) is 0 Å². The van der Waals surface area contributed by atoms with Gasteiger partial charge in [0.05, 0.1) is 6.04 Å². The highest BCUT2D eigenvalue weighted by Crippen LogP contribution is 2.24. The Hall–Kier alpha value is -1.67. The first kappa shape index (κ1) is 11.8. The highest BCUT2D eigenvalue weighted by Gasteiger charge is 2.14. The monoisotopic (exact) mass is 226 g/mol. The molecular formula is C15H18N2. The van der Waals surface area contributed by atoms with Gasteiger partial charge >= 0.3 is 0 Å². The van der Waals surface area contributed by atoms with Crippen molar-refractivity contribution in [1.82, 2.24) is 10.3 Å². The number of aromatic nitrogens is 1. The lowest BCUT2D eigenvalue weighted by Crippen LogP contribution is -2.19. The van der Waals surface area contributed by atoms with E-state index in [0.717, 1.165) is 6.42 Å². The van der Waals surface area contributed by atoms with E-state index >= 15 is 0 Å². The van der Waals surface area contributed by atoms with Crippen LogP contribution in [0.3, 0.4) is 0 Å². The van der Waals surface area contributed by atoms with Crippen molar-refractivity contribution in [2.24, 2.45) is 0 Å². The number of aryl methyl sites for hydroxylation is 1. The molecule has 88 valence electrons. The van der Waals surface area contributed by atoms with Crippen LogP contribution in [0.2, 0.25) is 0 Å². The molecule has 0 radical (unpaired) electrons. The number of nitrogens with one attached hydrogen (secondary N) is 1. The summed E-state index contributed by atoms with van der Waals surface area (Å²) in [4.78, 5) is 4.20. The van der Waals surface area contributed by atoms with Crippen molar-refractivity contribution in [3.63, 3.8) is 0 Å². The number of pyridine rings is 1. The van der Waals surface area contributed by atoms with Gasteiger partial charge in [0.25, 0.3) is 0 Å². The SMILES string of the molecule is CCc1cnccc1C(NC)c1ccccc1. The lowest BCUT2D eigenvalue weighted by Gasteiger charge is -2.19. The fourth-order valence-corrected chi connectivity index (χ4v) is 2.16. The van der Waals surface area contributed by atoms with Crippen LogP contribution in [0.15, 0.2) is 48.8 Å².